The molecule has 2 rings (SSSR count). The van der Waals surface area contributed by atoms with Crippen LogP contribution in [0.1, 0.15) is 24.8 Å². The Morgan fingerprint density at radius 2 is 2.17 bits per heavy atom. The van der Waals surface area contributed by atoms with Gasteiger partial charge in [0.05, 0.1) is 16.1 Å². The van der Waals surface area contributed by atoms with Gasteiger partial charge >= 0.3 is 0 Å². The summed E-state index contributed by atoms with van der Waals surface area (Å²) in [7, 11) is 0. The van der Waals surface area contributed by atoms with Gasteiger partial charge in [-0.3, -0.25) is 4.79 Å². The Kier molecular flexibility index (Phi) is 4.87. The van der Waals surface area contributed by atoms with Crippen LogP contribution < -0.4 is 10.6 Å². The molecular weight excluding hydrogens is 271 g/mol. The Morgan fingerprint density at radius 3 is 3.00 bits per heavy atom. The Hall–Kier alpha value is -0.770. The number of hydrogen-bond acceptors (Lipinski definition) is 2. The van der Waals surface area contributed by atoms with E-state index in [-0.39, 0.29) is 11.9 Å². The third-order valence-electron chi connectivity index (χ3n) is 3.11. The number of hydrogen-bond donors (Lipinski definition) is 2. The molecule has 1 fully saturated rings. The lowest BCUT2D eigenvalue weighted by atomic mass is 10.1. The highest BCUT2D eigenvalue weighted by Gasteiger charge is 2.20. The van der Waals surface area contributed by atoms with Gasteiger partial charge in [0.25, 0.3) is 0 Å². The molecule has 0 radical (unpaired) electrons. The van der Waals surface area contributed by atoms with E-state index in [4.69, 9.17) is 23.2 Å². The van der Waals surface area contributed by atoms with Crippen LogP contribution in [0, 0.1) is 0 Å². The van der Waals surface area contributed by atoms with Gasteiger partial charge in [-0.15, -0.1) is 0 Å². The highest BCUT2D eigenvalue weighted by molar-refractivity contribution is 6.42. The summed E-state index contributed by atoms with van der Waals surface area (Å²) in [5.74, 6) is 0.0747. The number of benzene rings is 1. The van der Waals surface area contributed by atoms with Crippen LogP contribution in [0.2, 0.25) is 10.0 Å². The lowest BCUT2D eigenvalue weighted by Gasteiger charge is -2.16. The Balaban J connectivity index is 1.98. The van der Waals surface area contributed by atoms with E-state index < -0.39 is 0 Å². The van der Waals surface area contributed by atoms with Crippen LogP contribution in [0.5, 0.6) is 0 Å². The second kappa shape index (κ2) is 6.41. The quantitative estimate of drug-likeness (QED) is 0.897. The van der Waals surface area contributed by atoms with Crippen molar-refractivity contribution in [3.8, 4) is 0 Å². The number of amides is 1. The van der Waals surface area contributed by atoms with E-state index in [0.29, 0.717) is 16.6 Å². The largest absolute Gasteiger partial charge is 0.355 e. The van der Waals surface area contributed by atoms with Crippen LogP contribution in [0.4, 0.5) is 0 Å². The minimum absolute atomic E-state index is 0.0747. The first-order chi connectivity index (χ1) is 8.68. The molecule has 0 aliphatic carbocycles. The molecule has 1 atom stereocenters. The van der Waals surface area contributed by atoms with Crippen molar-refractivity contribution in [1.82, 2.24) is 10.6 Å². The molecule has 1 aliphatic rings. The maximum atomic E-state index is 11.8. The number of halogens is 2. The Labute approximate surface area is 117 Å². The van der Waals surface area contributed by atoms with Crippen LogP contribution >= 0.6 is 23.2 Å². The van der Waals surface area contributed by atoms with Crippen molar-refractivity contribution < 1.29 is 4.79 Å². The molecule has 1 aliphatic heterocycles. The summed E-state index contributed by atoms with van der Waals surface area (Å²) in [6, 6.07) is 5.39. The summed E-state index contributed by atoms with van der Waals surface area (Å²) < 4.78 is 0. The molecule has 1 aromatic rings. The number of carbonyl (C=O) groups is 1. The third-order valence-corrected chi connectivity index (χ3v) is 3.96. The second-order valence-corrected chi connectivity index (χ2v) is 5.22. The smallest absolute Gasteiger partial charge is 0.237 e. The number of carbonyl (C=O) groups excluding carboxylic acids is 1. The average molecular weight is 287 g/mol. The summed E-state index contributed by atoms with van der Waals surface area (Å²) in [6.45, 7) is 1.33. The maximum absolute atomic E-state index is 11.8. The molecule has 2 N–H and O–H groups in total. The van der Waals surface area contributed by atoms with E-state index in [1.54, 1.807) is 6.07 Å². The van der Waals surface area contributed by atoms with Crippen LogP contribution in [0.25, 0.3) is 0 Å². The van der Waals surface area contributed by atoms with Gasteiger partial charge in [-0.1, -0.05) is 35.3 Å². The molecule has 18 heavy (non-hydrogen) atoms. The average Bonchev–Trinajstić information content (AvgIpc) is 2.56. The first-order valence-electron chi connectivity index (χ1n) is 6.12. The molecule has 5 heteroatoms. The molecule has 0 unspecified atom stereocenters. The monoisotopic (exact) mass is 286 g/mol. The molecule has 1 amide bonds. The zero-order chi connectivity index (χ0) is 13.0. The lowest BCUT2D eigenvalue weighted by molar-refractivity contribution is -0.122. The van der Waals surface area contributed by atoms with Gasteiger partial charge in [-0.2, -0.15) is 0 Å². The van der Waals surface area contributed by atoms with E-state index in [1.165, 1.54) is 0 Å². The zero-order valence-electron chi connectivity index (χ0n) is 10.0. The summed E-state index contributed by atoms with van der Waals surface area (Å²) in [5.41, 5.74) is 0.918. The van der Waals surface area contributed by atoms with Gasteiger partial charge in [0, 0.05) is 13.1 Å². The van der Waals surface area contributed by atoms with E-state index in [9.17, 15) is 4.79 Å². The molecule has 98 valence electrons. The fraction of sp³-hybridized carbons (Fsp3) is 0.462. The molecular formula is C13H16Cl2N2O. The first kappa shape index (κ1) is 13.7. The van der Waals surface area contributed by atoms with E-state index >= 15 is 0 Å². The maximum Gasteiger partial charge on any atom is 0.237 e. The van der Waals surface area contributed by atoms with Crippen LogP contribution in [0.3, 0.4) is 0 Å². The van der Waals surface area contributed by atoms with Gasteiger partial charge in [0.2, 0.25) is 5.91 Å². The topological polar surface area (TPSA) is 41.1 Å². The van der Waals surface area contributed by atoms with Crippen molar-refractivity contribution in [2.45, 2.75) is 31.8 Å². The highest BCUT2D eigenvalue weighted by Crippen LogP contribution is 2.25. The van der Waals surface area contributed by atoms with Gasteiger partial charge in [-0.25, -0.2) is 0 Å². The van der Waals surface area contributed by atoms with Crippen molar-refractivity contribution in [1.29, 1.82) is 0 Å². The van der Waals surface area contributed by atoms with Gasteiger partial charge in [0.15, 0.2) is 0 Å². The lowest BCUT2D eigenvalue weighted by Crippen LogP contribution is -2.42. The fourth-order valence-electron chi connectivity index (χ4n) is 2.05. The van der Waals surface area contributed by atoms with E-state index in [2.05, 4.69) is 10.6 Å². The summed E-state index contributed by atoms with van der Waals surface area (Å²) >= 11 is 12.1. The van der Waals surface area contributed by atoms with E-state index in [1.807, 2.05) is 12.1 Å². The van der Waals surface area contributed by atoms with Crippen molar-refractivity contribution in [3.63, 3.8) is 0 Å². The van der Waals surface area contributed by atoms with Crippen LogP contribution in [-0.4, -0.2) is 18.5 Å². The van der Waals surface area contributed by atoms with Crippen molar-refractivity contribution in [2.75, 3.05) is 6.54 Å². The zero-order valence-corrected chi connectivity index (χ0v) is 11.5. The molecule has 1 heterocycles. The third kappa shape index (κ3) is 3.37. The molecule has 1 saturated heterocycles. The van der Waals surface area contributed by atoms with Crippen molar-refractivity contribution in [3.05, 3.63) is 33.8 Å². The Bertz CT molecular complexity index is 437. The predicted molar refractivity (Wildman–Crippen MR) is 74.0 cm³/mol. The Morgan fingerprint density at radius 1 is 1.33 bits per heavy atom. The first-order valence-corrected chi connectivity index (χ1v) is 6.88. The highest BCUT2D eigenvalue weighted by atomic mass is 35.5. The van der Waals surface area contributed by atoms with Crippen LogP contribution in [0.15, 0.2) is 18.2 Å². The van der Waals surface area contributed by atoms with Crippen molar-refractivity contribution >= 4 is 29.1 Å². The number of rotatable bonds is 3. The van der Waals surface area contributed by atoms with E-state index in [0.717, 1.165) is 31.4 Å². The predicted octanol–water partition coefficient (Wildman–Crippen LogP) is 2.75. The van der Waals surface area contributed by atoms with Crippen LogP contribution in [-0.2, 0) is 11.3 Å². The van der Waals surface area contributed by atoms with Gasteiger partial charge < -0.3 is 10.6 Å². The molecule has 0 bridgehead atoms. The normalized spacial score (nSPS) is 20.3. The standard InChI is InChI=1S/C13H16Cl2N2O/c14-10-5-3-4-9(12(10)15)8-17-11-6-1-2-7-16-13(11)18/h3-5,11,17H,1-2,6-8H2,(H,16,18)/t11-/m0/s1. The molecule has 0 aromatic heterocycles. The molecule has 0 spiro atoms. The van der Waals surface area contributed by atoms with Gasteiger partial charge in [0.1, 0.15) is 0 Å². The number of nitrogens with one attached hydrogen (secondary N) is 2. The SMILES string of the molecule is O=C1NCCCC[C@@H]1NCc1cccc(Cl)c1Cl. The molecule has 3 nitrogen and oxygen atoms in total. The molecule has 1 aromatic carbocycles. The molecule has 0 saturated carbocycles. The summed E-state index contributed by atoms with van der Waals surface area (Å²) in [4.78, 5) is 11.8. The van der Waals surface area contributed by atoms with Crippen molar-refractivity contribution in [2.24, 2.45) is 0 Å². The minimum Gasteiger partial charge on any atom is -0.355 e. The summed E-state index contributed by atoms with van der Waals surface area (Å²) in [6.07, 6.45) is 2.96. The second-order valence-electron chi connectivity index (χ2n) is 4.43. The summed E-state index contributed by atoms with van der Waals surface area (Å²) in [5, 5.41) is 7.24. The fourth-order valence-corrected chi connectivity index (χ4v) is 2.44. The van der Waals surface area contributed by atoms with Gasteiger partial charge in [-0.05, 0) is 30.9 Å². The minimum atomic E-state index is -0.137.